The lowest BCUT2D eigenvalue weighted by Crippen LogP contribution is -2.23. The van der Waals surface area contributed by atoms with E-state index in [2.05, 4.69) is 15.3 Å². The van der Waals surface area contributed by atoms with Gasteiger partial charge in [-0.3, -0.25) is 14.4 Å². The van der Waals surface area contributed by atoms with Gasteiger partial charge < -0.3 is 19.4 Å². The number of nitrogens with zero attached hydrogens (tertiary/aromatic N) is 3. The minimum atomic E-state index is -0.500. The van der Waals surface area contributed by atoms with Crippen LogP contribution in [0.3, 0.4) is 0 Å². The molecule has 0 radical (unpaired) electrons. The Morgan fingerprint density at radius 1 is 1.10 bits per heavy atom. The van der Waals surface area contributed by atoms with Crippen molar-refractivity contribution in [1.82, 2.24) is 9.55 Å². The number of amides is 2. The number of aromatic nitrogens is 2. The Bertz CT molecular complexity index is 1580. The summed E-state index contributed by atoms with van der Waals surface area (Å²) in [6.07, 6.45) is 0. The number of thiazole rings is 2. The van der Waals surface area contributed by atoms with Gasteiger partial charge >= 0.3 is 11.9 Å². The zero-order valence-corrected chi connectivity index (χ0v) is 23.5. The molecule has 2 aromatic heterocycles. The maximum absolute atomic E-state index is 12.6. The lowest BCUT2D eigenvalue weighted by Gasteiger charge is -2.05. The van der Waals surface area contributed by atoms with Gasteiger partial charge in [0.05, 0.1) is 46.7 Å². The third-order valence-electron chi connectivity index (χ3n) is 5.20. The molecule has 0 aliphatic rings. The fourth-order valence-corrected chi connectivity index (χ4v) is 5.91. The molecule has 13 heteroatoms. The van der Waals surface area contributed by atoms with Gasteiger partial charge in [0.1, 0.15) is 6.54 Å². The van der Waals surface area contributed by atoms with E-state index in [-0.39, 0.29) is 35.4 Å². The Kier molecular flexibility index (Phi) is 9.63. The number of esters is 2. The number of hydrogen-bond donors (Lipinski definition) is 1. The summed E-state index contributed by atoms with van der Waals surface area (Å²) in [5.41, 5.74) is 2.69. The number of rotatable bonds is 10. The zero-order valence-electron chi connectivity index (χ0n) is 21.0. The second-order valence-corrected chi connectivity index (χ2v) is 10.8. The molecule has 10 nitrogen and oxygen atoms in total. The maximum atomic E-state index is 12.6. The van der Waals surface area contributed by atoms with Crippen molar-refractivity contribution in [2.75, 3.05) is 30.5 Å². The summed E-state index contributed by atoms with van der Waals surface area (Å²) < 4.78 is 12.1. The molecule has 0 aliphatic carbocycles. The highest BCUT2D eigenvalue weighted by molar-refractivity contribution is 8.00. The van der Waals surface area contributed by atoms with Crippen LogP contribution in [0.1, 0.15) is 17.3 Å². The van der Waals surface area contributed by atoms with E-state index in [0.717, 1.165) is 34.4 Å². The van der Waals surface area contributed by atoms with Crippen LogP contribution in [0.15, 0.2) is 58.9 Å². The third kappa shape index (κ3) is 7.40. The van der Waals surface area contributed by atoms with Crippen LogP contribution in [0.5, 0.6) is 0 Å². The molecule has 0 saturated carbocycles. The van der Waals surface area contributed by atoms with Crippen LogP contribution in [-0.2, 0) is 30.4 Å². The molecule has 2 aromatic carbocycles. The molecule has 202 valence electrons. The maximum Gasteiger partial charge on any atom is 0.337 e. The zero-order chi connectivity index (χ0) is 27.8. The Morgan fingerprint density at radius 3 is 2.64 bits per heavy atom. The molecule has 4 rings (SSSR count). The molecule has 0 spiro atoms. The van der Waals surface area contributed by atoms with Crippen molar-refractivity contribution in [3.63, 3.8) is 0 Å². The molecule has 0 saturated heterocycles. The van der Waals surface area contributed by atoms with E-state index in [0.29, 0.717) is 20.9 Å². The number of carbonyl (C=O) groups is 4. The predicted molar refractivity (Wildman–Crippen MR) is 152 cm³/mol. The first kappa shape index (κ1) is 28.2. The van der Waals surface area contributed by atoms with Crippen LogP contribution in [0.25, 0.3) is 21.5 Å². The summed E-state index contributed by atoms with van der Waals surface area (Å²) in [4.78, 5) is 58.0. The number of benzene rings is 2. The minimum absolute atomic E-state index is 0.0401. The minimum Gasteiger partial charge on any atom is -0.465 e. The van der Waals surface area contributed by atoms with Crippen molar-refractivity contribution < 1.29 is 28.7 Å². The van der Waals surface area contributed by atoms with Gasteiger partial charge in [-0.25, -0.2) is 9.78 Å². The second kappa shape index (κ2) is 13.3. The predicted octanol–water partition coefficient (Wildman–Crippen LogP) is 3.98. The van der Waals surface area contributed by atoms with E-state index < -0.39 is 17.8 Å². The first-order valence-corrected chi connectivity index (χ1v) is 14.6. The smallest absolute Gasteiger partial charge is 0.337 e. The standard InChI is InChI=1S/C26H24N4O6S3/c1-3-36-23(33)12-30-19-10-9-17(24(34)35-2)11-20(19)39-26(30)29-22(32)15-37-14-21(31)28-25-27-18(13-38-25)16-7-5-4-6-8-16/h4-11,13H,3,12,14-15H2,1-2H3,(H,27,28,31). The summed E-state index contributed by atoms with van der Waals surface area (Å²) in [6, 6.07) is 14.5. The molecule has 0 unspecified atom stereocenters. The first-order valence-electron chi connectivity index (χ1n) is 11.7. The number of fused-ring (bicyclic) bond motifs is 1. The van der Waals surface area contributed by atoms with E-state index in [4.69, 9.17) is 9.47 Å². The number of ether oxygens (including phenoxy) is 2. The number of carbonyl (C=O) groups excluding carboxylic acids is 4. The number of thioether (sulfide) groups is 1. The van der Waals surface area contributed by atoms with Gasteiger partial charge in [0.25, 0.3) is 5.91 Å². The fourth-order valence-electron chi connectivity index (χ4n) is 3.49. The van der Waals surface area contributed by atoms with Gasteiger partial charge in [0, 0.05) is 10.9 Å². The molecular weight excluding hydrogens is 561 g/mol. The number of hydrogen-bond acceptors (Lipinski definition) is 10. The van der Waals surface area contributed by atoms with E-state index in [9.17, 15) is 19.2 Å². The molecular formula is C26H24N4O6S3. The van der Waals surface area contributed by atoms with Crippen molar-refractivity contribution >= 4 is 73.5 Å². The molecule has 0 bridgehead atoms. The molecule has 1 N–H and O–H groups in total. The van der Waals surface area contributed by atoms with Crippen molar-refractivity contribution in [2.45, 2.75) is 13.5 Å². The Labute approximate surface area is 235 Å². The highest BCUT2D eigenvalue weighted by Gasteiger charge is 2.15. The average molecular weight is 585 g/mol. The van der Waals surface area contributed by atoms with Crippen LogP contribution in [0.2, 0.25) is 0 Å². The Hall–Kier alpha value is -3.81. The van der Waals surface area contributed by atoms with Crippen molar-refractivity contribution in [3.05, 3.63) is 64.3 Å². The number of methoxy groups -OCH3 is 1. The van der Waals surface area contributed by atoms with Gasteiger partial charge in [0.15, 0.2) is 9.93 Å². The van der Waals surface area contributed by atoms with Crippen LogP contribution >= 0.6 is 34.4 Å². The van der Waals surface area contributed by atoms with E-state index in [1.54, 1.807) is 29.7 Å². The fraction of sp³-hybridized carbons (Fsp3) is 0.231. The van der Waals surface area contributed by atoms with Crippen molar-refractivity contribution in [2.24, 2.45) is 4.99 Å². The van der Waals surface area contributed by atoms with E-state index in [1.165, 1.54) is 18.4 Å². The quantitative estimate of drug-likeness (QED) is 0.277. The summed E-state index contributed by atoms with van der Waals surface area (Å²) in [6.45, 7) is 1.77. The average Bonchev–Trinajstić information content (AvgIpc) is 3.53. The molecule has 4 aromatic rings. The van der Waals surface area contributed by atoms with Crippen LogP contribution in [0, 0.1) is 0 Å². The first-order chi connectivity index (χ1) is 18.9. The topological polar surface area (TPSA) is 129 Å². The summed E-state index contributed by atoms with van der Waals surface area (Å²) in [7, 11) is 1.29. The lowest BCUT2D eigenvalue weighted by molar-refractivity contribution is -0.143. The highest BCUT2D eigenvalue weighted by atomic mass is 32.2. The number of nitrogens with one attached hydrogen (secondary N) is 1. The largest absolute Gasteiger partial charge is 0.465 e. The van der Waals surface area contributed by atoms with Gasteiger partial charge in [0.2, 0.25) is 5.91 Å². The monoisotopic (exact) mass is 584 g/mol. The van der Waals surface area contributed by atoms with Crippen molar-refractivity contribution in [3.8, 4) is 11.3 Å². The van der Waals surface area contributed by atoms with Gasteiger partial charge in [-0.1, -0.05) is 41.7 Å². The van der Waals surface area contributed by atoms with Crippen LogP contribution < -0.4 is 10.1 Å². The van der Waals surface area contributed by atoms with E-state index >= 15 is 0 Å². The van der Waals surface area contributed by atoms with E-state index in [1.807, 2.05) is 35.7 Å². The Balaban J connectivity index is 1.42. The number of anilines is 1. The normalized spacial score (nSPS) is 11.4. The molecule has 39 heavy (non-hydrogen) atoms. The molecule has 0 aliphatic heterocycles. The molecule has 0 fully saturated rings. The SMILES string of the molecule is CCOC(=O)Cn1c(=NC(=O)CSCC(=O)Nc2nc(-c3ccccc3)cs2)sc2cc(C(=O)OC)ccc21. The van der Waals surface area contributed by atoms with Gasteiger partial charge in [-0.05, 0) is 25.1 Å². The summed E-state index contributed by atoms with van der Waals surface area (Å²) in [5.74, 6) is -1.73. The van der Waals surface area contributed by atoms with Gasteiger partial charge in [-0.2, -0.15) is 4.99 Å². The Morgan fingerprint density at radius 2 is 1.90 bits per heavy atom. The molecule has 0 atom stereocenters. The molecule has 2 amide bonds. The summed E-state index contributed by atoms with van der Waals surface area (Å²) >= 11 is 3.60. The third-order valence-corrected chi connectivity index (χ3v) is 7.91. The highest BCUT2D eigenvalue weighted by Crippen LogP contribution is 2.25. The second-order valence-electron chi connectivity index (χ2n) is 7.90. The van der Waals surface area contributed by atoms with Crippen LogP contribution in [-0.4, -0.2) is 58.5 Å². The van der Waals surface area contributed by atoms with Gasteiger partial charge in [-0.15, -0.1) is 23.1 Å². The molecule has 2 heterocycles. The van der Waals surface area contributed by atoms with Crippen molar-refractivity contribution in [1.29, 1.82) is 0 Å². The lowest BCUT2D eigenvalue weighted by atomic mass is 10.2. The summed E-state index contributed by atoms with van der Waals surface area (Å²) in [5, 5.41) is 5.09. The van der Waals surface area contributed by atoms with Crippen LogP contribution in [0.4, 0.5) is 5.13 Å².